The Kier molecular flexibility index (Phi) is 6.17. The van der Waals surface area contributed by atoms with Gasteiger partial charge in [-0.3, -0.25) is 9.36 Å². The summed E-state index contributed by atoms with van der Waals surface area (Å²) in [5.74, 6) is 0.614. The highest BCUT2D eigenvalue weighted by Gasteiger charge is 2.19. The van der Waals surface area contributed by atoms with E-state index in [0.717, 1.165) is 25.2 Å². The zero-order chi connectivity index (χ0) is 21.9. The zero-order valence-corrected chi connectivity index (χ0v) is 20.3. The van der Waals surface area contributed by atoms with Crippen LogP contribution in [0, 0.1) is 0 Å². The number of anilines is 1. The number of amides is 1. The first-order valence-electron chi connectivity index (χ1n) is 9.43. The summed E-state index contributed by atoms with van der Waals surface area (Å²) in [5.41, 5.74) is 1.56. The summed E-state index contributed by atoms with van der Waals surface area (Å²) in [6, 6.07) is 21.1. The van der Waals surface area contributed by atoms with E-state index in [0.29, 0.717) is 15.7 Å². The fourth-order valence-corrected chi connectivity index (χ4v) is 5.73. The molecule has 0 saturated carbocycles. The topological polar surface area (TPSA) is 72.7 Å². The molecule has 0 saturated heterocycles. The third-order valence-electron chi connectivity index (χ3n) is 4.40. The van der Waals surface area contributed by atoms with Gasteiger partial charge in [0.1, 0.15) is 5.00 Å². The predicted octanol–water partition coefficient (Wildman–Crippen LogP) is 6.62. The number of rotatable bonds is 6. The van der Waals surface area contributed by atoms with Gasteiger partial charge in [-0.05, 0) is 59.6 Å². The third kappa shape index (κ3) is 4.53. The molecule has 5 aromatic rings. The van der Waals surface area contributed by atoms with E-state index < -0.39 is 0 Å². The summed E-state index contributed by atoms with van der Waals surface area (Å²) in [6.07, 6.45) is 1.66. The number of thiazole rings is 1. The Balaban J connectivity index is 1.42. The van der Waals surface area contributed by atoms with Crippen LogP contribution in [0.3, 0.4) is 0 Å². The molecule has 3 aromatic heterocycles. The number of carbonyl (C=O) groups excluding carboxylic acids is 1. The number of hydrogen-bond acceptors (Lipinski definition) is 7. The SMILES string of the molecule is O=C(Nc1cnc(Sc2nnc(-c3cccs3)n2-c2ccc(Br)cc2)s1)c1ccccc1. The number of benzene rings is 2. The molecule has 0 fully saturated rings. The second-order valence-electron chi connectivity index (χ2n) is 6.51. The first kappa shape index (κ1) is 21.1. The lowest BCUT2D eigenvalue weighted by Gasteiger charge is -2.08. The van der Waals surface area contributed by atoms with E-state index in [2.05, 4.69) is 36.4 Å². The molecule has 0 unspecified atom stereocenters. The minimum Gasteiger partial charge on any atom is -0.312 e. The van der Waals surface area contributed by atoms with Crippen molar-refractivity contribution in [3.63, 3.8) is 0 Å². The first-order chi connectivity index (χ1) is 15.7. The van der Waals surface area contributed by atoms with Crippen molar-refractivity contribution in [3.05, 3.63) is 88.3 Å². The van der Waals surface area contributed by atoms with Crippen LogP contribution < -0.4 is 5.32 Å². The molecule has 5 rings (SSSR count). The molecule has 0 aliphatic carbocycles. The molecule has 0 aliphatic heterocycles. The van der Waals surface area contributed by atoms with Gasteiger partial charge in [-0.2, -0.15) is 0 Å². The second-order valence-corrected chi connectivity index (χ2v) is 10.6. The molecule has 32 heavy (non-hydrogen) atoms. The van der Waals surface area contributed by atoms with Gasteiger partial charge in [0, 0.05) is 15.7 Å². The molecular formula is C22H14BrN5OS3. The second kappa shape index (κ2) is 9.37. The van der Waals surface area contributed by atoms with E-state index >= 15 is 0 Å². The number of nitrogens with one attached hydrogen (secondary N) is 1. The number of hydrogen-bond donors (Lipinski definition) is 1. The summed E-state index contributed by atoms with van der Waals surface area (Å²) >= 11 is 7.92. The van der Waals surface area contributed by atoms with Crippen LogP contribution >= 0.6 is 50.4 Å². The van der Waals surface area contributed by atoms with Crippen LogP contribution in [0.25, 0.3) is 16.4 Å². The molecule has 6 nitrogen and oxygen atoms in total. The van der Waals surface area contributed by atoms with E-state index in [1.54, 1.807) is 29.7 Å². The number of thiophene rings is 1. The van der Waals surface area contributed by atoms with E-state index in [1.165, 1.54) is 23.1 Å². The standard InChI is InChI=1S/C22H14BrN5OS3/c23-15-8-10-16(11-9-15)28-19(17-7-4-12-30-17)26-27-21(28)32-22-24-13-18(31-22)25-20(29)14-5-2-1-3-6-14/h1-13H,(H,25,29). The van der Waals surface area contributed by atoms with Gasteiger partial charge in [-0.25, -0.2) is 4.98 Å². The van der Waals surface area contributed by atoms with Gasteiger partial charge in [-0.15, -0.1) is 21.5 Å². The highest BCUT2D eigenvalue weighted by molar-refractivity contribution is 9.10. The van der Waals surface area contributed by atoms with Crippen LogP contribution in [0.1, 0.15) is 10.4 Å². The molecule has 0 radical (unpaired) electrons. The van der Waals surface area contributed by atoms with Crippen molar-refractivity contribution in [3.8, 4) is 16.4 Å². The molecule has 0 atom stereocenters. The maximum absolute atomic E-state index is 12.4. The highest BCUT2D eigenvalue weighted by Crippen LogP contribution is 2.36. The van der Waals surface area contributed by atoms with Crippen molar-refractivity contribution in [2.24, 2.45) is 0 Å². The molecule has 158 valence electrons. The van der Waals surface area contributed by atoms with Gasteiger partial charge < -0.3 is 5.32 Å². The Morgan fingerprint density at radius 3 is 2.56 bits per heavy atom. The predicted molar refractivity (Wildman–Crippen MR) is 133 cm³/mol. The van der Waals surface area contributed by atoms with Gasteiger partial charge in [0.15, 0.2) is 10.2 Å². The average molecular weight is 540 g/mol. The van der Waals surface area contributed by atoms with Crippen LogP contribution in [0.5, 0.6) is 0 Å². The molecule has 0 spiro atoms. The Morgan fingerprint density at radius 2 is 1.81 bits per heavy atom. The Morgan fingerprint density at radius 1 is 1.00 bits per heavy atom. The van der Waals surface area contributed by atoms with E-state index in [9.17, 15) is 4.79 Å². The maximum Gasteiger partial charge on any atom is 0.256 e. The molecule has 0 aliphatic rings. The third-order valence-corrected chi connectivity index (χ3v) is 7.72. The van der Waals surface area contributed by atoms with Gasteiger partial charge in [0.05, 0.1) is 11.1 Å². The van der Waals surface area contributed by atoms with E-state index in [-0.39, 0.29) is 5.91 Å². The monoisotopic (exact) mass is 539 g/mol. The Bertz CT molecular complexity index is 1350. The minimum atomic E-state index is -0.163. The lowest BCUT2D eigenvalue weighted by Crippen LogP contribution is -2.10. The number of nitrogens with zero attached hydrogens (tertiary/aromatic N) is 4. The van der Waals surface area contributed by atoms with E-state index in [4.69, 9.17) is 0 Å². The van der Waals surface area contributed by atoms with E-state index in [1.807, 2.05) is 64.5 Å². The van der Waals surface area contributed by atoms with Crippen molar-refractivity contribution < 1.29 is 4.79 Å². The van der Waals surface area contributed by atoms with Crippen LogP contribution in [0.2, 0.25) is 0 Å². The molecule has 0 bridgehead atoms. The Hall–Kier alpha value is -2.79. The molecule has 10 heteroatoms. The van der Waals surface area contributed by atoms with Gasteiger partial charge >= 0.3 is 0 Å². The van der Waals surface area contributed by atoms with Gasteiger partial charge in [-0.1, -0.05) is 51.5 Å². The van der Waals surface area contributed by atoms with Gasteiger partial charge in [0.2, 0.25) is 5.16 Å². The summed E-state index contributed by atoms with van der Waals surface area (Å²) < 4.78 is 3.78. The smallest absolute Gasteiger partial charge is 0.256 e. The minimum absolute atomic E-state index is 0.163. The molecule has 1 N–H and O–H groups in total. The fraction of sp³-hybridized carbons (Fsp3) is 0. The van der Waals surface area contributed by atoms with Crippen molar-refractivity contribution in [2.75, 3.05) is 5.32 Å². The van der Waals surface area contributed by atoms with Crippen LogP contribution in [0.15, 0.2) is 92.3 Å². The van der Waals surface area contributed by atoms with Crippen molar-refractivity contribution in [2.45, 2.75) is 9.50 Å². The summed E-state index contributed by atoms with van der Waals surface area (Å²) in [6.45, 7) is 0. The number of carbonyl (C=O) groups is 1. The first-order valence-corrected chi connectivity index (χ1v) is 12.7. The normalized spacial score (nSPS) is 10.9. The zero-order valence-electron chi connectivity index (χ0n) is 16.3. The lowest BCUT2D eigenvalue weighted by molar-refractivity contribution is 0.102. The van der Waals surface area contributed by atoms with Crippen molar-refractivity contribution >= 4 is 61.3 Å². The largest absolute Gasteiger partial charge is 0.312 e. The van der Waals surface area contributed by atoms with Crippen LogP contribution in [-0.4, -0.2) is 25.7 Å². The maximum atomic E-state index is 12.4. The summed E-state index contributed by atoms with van der Waals surface area (Å²) in [4.78, 5) is 17.9. The van der Waals surface area contributed by atoms with Crippen LogP contribution in [-0.2, 0) is 0 Å². The number of halogens is 1. The van der Waals surface area contributed by atoms with Gasteiger partial charge in [0.25, 0.3) is 5.91 Å². The molecule has 1 amide bonds. The number of aromatic nitrogens is 4. The molecular weight excluding hydrogens is 526 g/mol. The van der Waals surface area contributed by atoms with Crippen molar-refractivity contribution in [1.29, 1.82) is 0 Å². The lowest BCUT2D eigenvalue weighted by atomic mass is 10.2. The quantitative estimate of drug-likeness (QED) is 0.262. The highest BCUT2D eigenvalue weighted by atomic mass is 79.9. The molecule has 2 aromatic carbocycles. The summed E-state index contributed by atoms with van der Waals surface area (Å²) in [7, 11) is 0. The van der Waals surface area contributed by atoms with Crippen LogP contribution in [0.4, 0.5) is 5.00 Å². The summed E-state index contributed by atoms with van der Waals surface area (Å²) in [5, 5.41) is 15.2. The molecule has 3 heterocycles. The Labute approximate surface area is 204 Å². The van der Waals surface area contributed by atoms with Crippen molar-refractivity contribution in [1.82, 2.24) is 19.7 Å². The fourth-order valence-electron chi connectivity index (χ4n) is 2.94. The average Bonchev–Trinajstić information content (AvgIpc) is 3.57.